The summed E-state index contributed by atoms with van der Waals surface area (Å²) in [5.41, 5.74) is 1.17. The lowest BCUT2D eigenvalue weighted by Gasteiger charge is -2.17. The van der Waals surface area contributed by atoms with Crippen molar-refractivity contribution < 1.29 is 9.21 Å². The molecule has 1 N–H and O–H groups in total. The Morgan fingerprint density at radius 3 is 2.56 bits per heavy atom. The molecule has 1 aliphatic rings. The molecule has 0 radical (unpaired) electrons. The zero-order valence-corrected chi connectivity index (χ0v) is 10.0. The predicted octanol–water partition coefficient (Wildman–Crippen LogP) is 3.16. The molecule has 18 heavy (non-hydrogen) atoms. The van der Waals surface area contributed by atoms with Crippen LogP contribution in [-0.4, -0.2) is 5.91 Å². The molecule has 2 aromatic rings. The fraction of sp³-hybridized carbons (Fsp3) is 0.267. The van der Waals surface area contributed by atoms with E-state index < -0.39 is 0 Å². The van der Waals surface area contributed by atoms with Crippen LogP contribution in [0, 0.1) is 5.92 Å². The Kier molecular flexibility index (Phi) is 2.89. The number of benzene rings is 1. The number of hydrogen-bond donors (Lipinski definition) is 1. The molecule has 1 aromatic carbocycles. The van der Waals surface area contributed by atoms with Crippen LogP contribution < -0.4 is 5.32 Å². The van der Waals surface area contributed by atoms with Crippen LogP contribution in [0.15, 0.2) is 53.1 Å². The van der Waals surface area contributed by atoms with E-state index in [1.807, 2.05) is 18.2 Å². The largest absolute Gasteiger partial charge is 0.459 e. The van der Waals surface area contributed by atoms with Crippen molar-refractivity contribution in [1.29, 1.82) is 0 Å². The van der Waals surface area contributed by atoms with Crippen LogP contribution in [0.3, 0.4) is 0 Å². The third-order valence-electron chi connectivity index (χ3n) is 3.28. The molecule has 3 heteroatoms. The van der Waals surface area contributed by atoms with Crippen molar-refractivity contribution in [3.8, 4) is 0 Å². The van der Waals surface area contributed by atoms with E-state index in [1.165, 1.54) is 24.7 Å². The average molecular weight is 241 g/mol. The second-order valence-electron chi connectivity index (χ2n) is 4.68. The first kappa shape index (κ1) is 11.1. The number of amides is 1. The summed E-state index contributed by atoms with van der Waals surface area (Å²) >= 11 is 0. The highest BCUT2D eigenvalue weighted by molar-refractivity contribution is 5.91. The number of rotatable bonds is 4. The third kappa shape index (κ3) is 2.30. The quantitative estimate of drug-likeness (QED) is 0.893. The van der Waals surface area contributed by atoms with Crippen molar-refractivity contribution in [2.45, 2.75) is 18.9 Å². The summed E-state index contributed by atoms with van der Waals surface area (Å²) in [6.07, 6.45) is 3.87. The minimum Gasteiger partial charge on any atom is -0.459 e. The lowest BCUT2D eigenvalue weighted by molar-refractivity contribution is 0.0903. The molecule has 92 valence electrons. The highest BCUT2D eigenvalue weighted by atomic mass is 16.3. The normalized spacial score (nSPS) is 16.2. The van der Waals surface area contributed by atoms with Crippen LogP contribution in [0.1, 0.15) is 35.0 Å². The molecule has 1 amide bonds. The van der Waals surface area contributed by atoms with Gasteiger partial charge in [0.1, 0.15) is 0 Å². The summed E-state index contributed by atoms with van der Waals surface area (Å²) in [5, 5.41) is 3.06. The van der Waals surface area contributed by atoms with Crippen molar-refractivity contribution in [3.63, 3.8) is 0 Å². The maximum atomic E-state index is 12.0. The molecule has 1 aliphatic carbocycles. The van der Waals surface area contributed by atoms with E-state index in [-0.39, 0.29) is 11.9 Å². The van der Waals surface area contributed by atoms with E-state index in [4.69, 9.17) is 4.42 Å². The third-order valence-corrected chi connectivity index (χ3v) is 3.28. The molecule has 1 aromatic heterocycles. The molecule has 3 nitrogen and oxygen atoms in total. The highest BCUT2D eigenvalue weighted by Crippen LogP contribution is 2.41. The van der Waals surface area contributed by atoms with E-state index in [0.717, 1.165) is 0 Å². The second-order valence-corrected chi connectivity index (χ2v) is 4.68. The van der Waals surface area contributed by atoms with Crippen molar-refractivity contribution in [2.75, 3.05) is 0 Å². The molecule has 3 rings (SSSR count). The molecule has 0 saturated heterocycles. The maximum absolute atomic E-state index is 12.0. The first-order valence-corrected chi connectivity index (χ1v) is 6.24. The first-order chi connectivity index (χ1) is 8.84. The van der Waals surface area contributed by atoms with Crippen molar-refractivity contribution in [3.05, 3.63) is 60.1 Å². The molecule has 0 bridgehead atoms. The molecule has 0 spiro atoms. The molecule has 1 heterocycles. The molecule has 1 atom stereocenters. The molecule has 0 unspecified atom stereocenters. The standard InChI is InChI=1S/C15H15NO2/c17-15(13-7-4-10-18-13)16-14(12-8-9-12)11-5-2-1-3-6-11/h1-7,10,12,14H,8-9H2,(H,16,17)/t14-/m1/s1. The van der Waals surface area contributed by atoms with Crippen molar-refractivity contribution in [2.24, 2.45) is 5.92 Å². The summed E-state index contributed by atoms with van der Waals surface area (Å²) in [6, 6.07) is 13.6. The van der Waals surface area contributed by atoms with E-state index in [9.17, 15) is 4.79 Å². The van der Waals surface area contributed by atoms with Crippen LogP contribution in [0.2, 0.25) is 0 Å². The summed E-state index contributed by atoms with van der Waals surface area (Å²) in [6.45, 7) is 0. The summed E-state index contributed by atoms with van der Waals surface area (Å²) in [5.74, 6) is 0.795. The highest BCUT2D eigenvalue weighted by Gasteiger charge is 2.33. The zero-order chi connectivity index (χ0) is 12.4. The monoisotopic (exact) mass is 241 g/mol. The van der Waals surface area contributed by atoms with Gasteiger partial charge in [-0.1, -0.05) is 30.3 Å². The van der Waals surface area contributed by atoms with Gasteiger partial charge in [0.2, 0.25) is 0 Å². The van der Waals surface area contributed by atoms with Crippen molar-refractivity contribution >= 4 is 5.91 Å². The minimum absolute atomic E-state index is 0.101. The summed E-state index contributed by atoms with van der Waals surface area (Å²) < 4.78 is 5.12. The van der Waals surface area contributed by atoms with Gasteiger partial charge in [0.15, 0.2) is 5.76 Å². The number of carbonyl (C=O) groups is 1. The number of carbonyl (C=O) groups excluding carboxylic acids is 1. The van der Waals surface area contributed by atoms with Crippen LogP contribution in [0.25, 0.3) is 0 Å². The van der Waals surface area contributed by atoms with E-state index >= 15 is 0 Å². The minimum atomic E-state index is -0.138. The fourth-order valence-electron chi connectivity index (χ4n) is 2.18. The lowest BCUT2D eigenvalue weighted by atomic mass is 10.0. The fourth-order valence-corrected chi connectivity index (χ4v) is 2.18. The Morgan fingerprint density at radius 1 is 1.17 bits per heavy atom. The predicted molar refractivity (Wildman–Crippen MR) is 68.1 cm³/mol. The molecule has 1 saturated carbocycles. The molecule has 1 fully saturated rings. The topological polar surface area (TPSA) is 42.2 Å². The maximum Gasteiger partial charge on any atom is 0.287 e. The SMILES string of the molecule is O=C(N[C@H](c1ccccc1)C1CC1)c1ccco1. The Balaban J connectivity index is 1.77. The van der Waals surface area contributed by atoms with E-state index in [1.54, 1.807) is 12.1 Å². The van der Waals surface area contributed by atoms with E-state index in [0.29, 0.717) is 11.7 Å². The van der Waals surface area contributed by atoms with Crippen LogP contribution >= 0.6 is 0 Å². The summed E-state index contributed by atoms with van der Waals surface area (Å²) in [4.78, 5) is 12.0. The smallest absolute Gasteiger partial charge is 0.287 e. The van der Waals surface area contributed by atoms with Gasteiger partial charge in [-0.05, 0) is 36.5 Å². The van der Waals surface area contributed by atoms with Gasteiger partial charge < -0.3 is 9.73 Å². The number of furan rings is 1. The Bertz CT molecular complexity index is 515. The second kappa shape index (κ2) is 4.69. The van der Waals surface area contributed by atoms with Crippen LogP contribution in [-0.2, 0) is 0 Å². The van der Waals surface area contributed by atoms with Gasteiger partial charge in [0, 0.05) is 0 Å². The first-order valence-electron chi connectivity index (χ1n) is 6.24. The van der Waals surface area contributed by atoms with Crippen molar-refractivity contribution in [1.82, 2.24) is 5.32 Å². The molecular weight excluding hydrogens is 226 g/mol. The van der Waals surface area contributed by atoms with Crippen LogP contribution in [0.4, 0.5) is 0 Å². The van der Waals surface area contributed by atoms with Crippen LogP contribution in [0.5, 0.6) is 0 Å². The Hall–Kier alpha value is -2.03. The number of nitrogens with one attached hydrogen (secondary N) is 1. The summed E-state index contributed by atoms with van der Waals surface area (Å²) in [7, 11) is 0. The van der Waals surface area contributed by atoms with Gasteiger partial charge in [-0.3, -0.25) is 4.79 Å². The van der Waals surface area contributed by atoms with Gasteiger partial charge in [0.25, 0.3) is 5.91 Å². The van der Waals surface area contributed by atoms with E-state index in [2.05, 4.69) is 17.4 Å². The van der Waals surface area contributed by atoms with Gasteiger partial charge >= 0.3 is 0 Å². The van der Waals surface area contributed by atoms with Gasteiger partial charge in [-0.15, -0.1) is 0 Å². The van der Waals surface area contributed by atoms with Gasteiger partial charge in [-0.25, -0.2) is 0 Å². The average Bonchev–Trinajstić information content (AvgIpc) is 3.10. The Labute approximate surface area is 106 Å². The Morgan fingerprint density at radius 2 is 1.94 bits per heavy atom. The molecular formula is C15H15NO2. The molecule has 0 aliphatic heterocycles. The lowest BCUT2D eigenvalue weighted by Crippen LogP contribution is -2.29. The van der Waals surface area contributed by atoms with Gasteiger partial charge in [-0.2, -0.15) is 0 Å². The number of hydrogen-bond acceptors (Lipinski definition) is 2. The van der Waals surface area contributed by atoms with Gasteiger partial charge in [0.05, 0.1) is 12.3 Å². The zero-order valence-electron chi connectivity index (χ0n) is 10.0.